The second-order valence-corrected chi connectivity index (χ2v) is 3.62. The van der Waals surface area contributed by atoms with Crippen molar-refractivity contribution >= 4 is 21.9 Å². The molecule has 0 fully saturated rings. The Labute approximate surface area is 96.6 Å². The van der Waals surface area contributed by atoms with Gasteiger partial charge in [0.05, 0.1) is 12.2 Å². The summed E-state index contributed by atoms with van der Waals surface area (Å²) >= 11 is 3.26. The topological polar surface area (TPSA) is 26.3 Å². The first-order valence-electron chi connectivity index (χ1n) is 4.62. The van der Waals surface area contributed by atoms with Crippen LogP contribution in [0.15, 0.2) is 12.1 Å². The molecule has 0 aliphatic carbocycles. The molecule has 1 aromatic carbocycles. The Bertz CT molecular complexity index is 377. The minimum absolute atomic E-state index is 0.288. The predicted octanol–water partition coefficient (Wildman–Crippen LogP) is 3.21. The summed E-state index contributed by atoms with van der Waals surface area (Å²) in [4.78, 5) is 11.6. The van der Waals surface area contributed by atoms with Gasteiger partial charge in [-0.2, -0.15) is 0 Å². The molecule has 4 heteroatoms. The van der Waals surface area contributed by atoms with Crippen LogP contribution in [0.2, 0.25) is 0 Å². The Morgan fingerprint density at radius 2 is 2.20 bits per heavy atom. The lowest BCUT2D eigenvalue weighted by Gasteiger charge is -2.10. The summed E-state index contributed by atoms with van der Waals surface area (Å²) in [5, 5.41) is 0.502. The minimum atomic E-state index is -0.469. The third-order valence-corrected chi connectivity index (χ3v) is 2.71. The molecule has 1 aromatic rings. The molecule has 0 unspecified atom stereocenters. The molecule has 0 radical (unpaired) electrons. The second kappa shape index (κ2) is 5.26. The molecule has 82 valence electrons. The highest BCUT2D eigenvalue weighted by Gasteiger charge is 2.17. The molecular formula is C11H12BrFO2. The number of ether oxygens (including phenoxy) is 1. The molecule has 1 rings (SSSR count). The van der Waals surface area contributed by atoms with Gasteiger partial charge in [-0.25, -0.2) is 9.18 Å². The largest absolute Gasteiger partial charge is 0.462 e. The first-order chi connectivity index (χ1) is 7.11. The SMILES string of the molecule is CCOC(=O)c1c(CBr)ccc(F)c1C. The molecule has 0 aliphatic heterocycles. The molecule has 2 nitrogen and oxygen atoms in total. The molecule has 0 amide bonds. The van der Waals surface area contributed by atoms with E-state index in [1.165, 1.54) is 6.07 Å². The molecule has 15 heavy (non-hydrogen) atoms. The fourth-order valence-corrected chi connectivity index (χ4v) is 1.81. The van der Waals surface area contributed by atoms with E-state index in [1.54, 1.807) is 19.9 Å². The zero-order valence-corrected chi connectivity index (χ0v) is 10.2. The van der Waals surface area contributed by atoms with Crippen molar-refractivity contribution in [1.82, 2.24) is 0 Å². The molecule has 0 atom stereocenters. The summed E-state index contributed by atoms with van der Waals surface area (Å²) in [6.45, 7) is 3.59. The molecule has 0 saturated heterocycles. The van der Waals surface area contributed by atoms with E-state index in [0.717, 1.165) is 5.56 Å². The number of benzene rings is 1. The van der Waals surface area contributed by atoms with Crippen molar-refractivity contribution in [2.24, 2.45) is 0 Å². The Morgan fingerprint density at radius 3 is 2.73 bits per heavy atom. The third kappa shape index (κ3) is 2.56. The summed E-state index contributed by atoms with van der Waals surface area (Å²) in [6, 6.07) is 2.94. The summed E-state index contributed by atoms with van der Waals surface area (Å²) in [6.07, 6.45) is 0. The monoisotopic (exact) mass is 274 g/mol. The van der Waals surface area contributed by atoms with Gasteiger partial charge < -0.3 is 4.74 Å². The van der Waals surface area contributed by atoms with Crippen LogP contribution in [-0.2, 0) is 10.1 Å². The van der Waals surface area contributed by atoms with E-state index >= 15 is 0 Å². The smallest absolute Gasteiger partial charge is 0.338 e. The van der Waals surface area contributed by atoms with Crippen LogP contribution in [0.25, 0.3) is 0 Å². The van der Waals surface area contributed by atoms with Crippen LogP contribution in [0.4, 0.5) is 4.39 Å². The van der Waals surface area contributed by atoms with Gasteiger partial charge in [0.25, 0.3) is 0 Å². The number of hydrogen-bond acceptors (Lipinski definition) is 2. The van der Waals surface area contributed by atoms with Crippen molar-refractivity contribution in [1.29, 1.82) is 0 Å². The van der Waals surface area contributed by atoms with Crippen molar-refractivity contribution in [3.63, 3.8) is 0 Å². The van der Waals surface area contributed by atoms with Gasteiger partial charge in [0.1, 0.15) is 5.82 Å². The Morgan fingerprint density at radius 1 is 1.53 bits per heavy atom. The fraction of sp³-hybridized carbons (Fsp3) is 0.364. The molecule has 0 N–H and O–H groups in total. The number of rotatable bonds is 3. The second-order valence-electron chi connectivity index (χ2n) is 3.06. The first-order valence-corrected chi connectivity index (χ1v) is 5.75. The highest BCUT2D eigenvalue weighted by atomic mass is 79.9. The Kier molecular flexibility index (Phi) is 4.27. The highest BCUT2D eigenvalue weighted by Crippen LogP contribution is 2.20. The molecule has 0 aliphatic rings. The van der Waals surface area contributed by atoms with Crippen LogP contribution in [0.5, 0.6) is 0 Å². The van der Waals surface area contributed by atoms with Gasteiger partial charge in [-0.1, -0.05) is 22.0 Å². The molecule has 0 heterocycles. The van der Waals surface area contributed by atoms with E-state index in [-0.39, 0.29) is 12.4 Å². The maximum atomic E-state index is 13.3. The van der Waals surface area contributed by atoms with E-state index in [9.17, 15) is 9.18 Å². The third-order valence-electron chi connectivity index (χ3n) is 2.11. The average Bonchev–Trinajstić information content (AvgIpc) is 2.22. The van der Waals surface area contributed by atoms with E-state index < -0.39 is 5.97 Å². The quantitative estimate of drug-likeness (QED) is 0.625. The van der Waals surface area contributed by atoms with Crippen molar-refractivity contribution < 1.29 is 13.9 Å². The lowest BCUT2D eigenvalue weighted by atomic mass is 10.0. The maximum Gasteiger partial charge on any atom is 0.338 e. The average molecular weight is 275 g/mol. The lowest BCUT2D eigenvalue weighted by molar-refractivity contribution is 0.0524. The van der Waals surface area contributed by atoms with Crippen molar-refractivity contribution in [2.45, 2.75) is 19.2 Å². The number of alkyl halides is 1. The lowest BCUT2D eigenvalue weighted by Crippen LogP contribution is -2.10. The van der Waals surface area contributed by atoms with E-state index in [1.807, 2.05) is 0 Å². The standard InChI is InChI=1S/C11H12BrFO2/c1-3-15-11(14)10-7(2)9(13)5-4-8(10)6-12/h4-5H,3,6H2,1-2H3. The summed E-state index contributed by atoms with van der Waals surface area (Å²) in [5.41, 5.74) is 1.41. The van der Waals surface area contributed by atoms with E-state index in [0.29, 0.717) is 16.5 Å². The minimum Gasteiger partial charge on any atom is -0.462 e. The van der Waals surface area contributed by atoms with E-state index in [4.69, 9.17) is 4.74 Å². The summed E-state index contributed by atoms with van der Waals surface area (Å²) in [5.74, 6) is -0.855. The van der Waals surface area contributed by atoms with Gasteiger partial charge in [0, 0.05) is 5.33 Å². The van der Waals surface area contributed by atoms with Crippen LogP contribution < -0.4 is 0 Å². The van der Waals surface area contributed by atoms with Gasteiger partial charge >= 0.3 is 5.97 Å². The van der Waals surface area contributed by atoms with E-state index in [2.05, 4.69) is 15.9 Å². The molecule has 0 saturated carbocycles. The van der Waals surface area contributed by atoms with Gasteiger partial charge in [-0.3, -0.25) is 0 Å². The highest BCUT2D eigenvalue weighted by molar-refractivity contribution is 9.08. The summed E-state index contributed by atoms with van der Waals surface area (Å²) in [7, 11) is 0. The molecule has 0 bridgehead atoms. The van der Waals surface area contributed by atoms with Crippen LogP contribution in [0.1, 0.15) is 28.4 Å². The zero-order valence-electron chi connectivity index (χ0n) is 8.64. The zero-order chi connectivity index (χ0) is 11.4. The Hall–Kier alpha value is -0.900. The van der Waals surface area contributed by atoms with Crippen LogP contribution in [0, 0.1) is 12.7 Å². The van der Waals surface area contributed by atoms with Crippen LogP contribution in [-0.4, -0.2) is 12.6 Å². The summed E-state index contributed by atoms with van der Waals surface area (Å²) < 4.78 is 18.2. The molecule has 0 spiro atoms. The van der Waals surface area contributed by atoms with Crippen molar-refractivity contribution in [2.75, 3.05) is 6.61 Å². The fourth-order valence-electron chi connectivity index (χ4n) is 1.34. The normalized spacial score (nSPS) is 10.1. The van der Waals surface area contributed by atoms with Crippen LogP contribution >= 0.6 is 15.9 Å². The number of halogens is 2. The first kappa shape index (κ1) is 12.2. The maximum absolute atomic E-state index is 13.3. The van der Waals surface area contributed by atoms with Gasteiger partial charge in [-0.15, -0.1) is 0 Å². The number of esters is 1. The molecular weight excluding hydrogens is 263 g/mol. The van der Waals surface area contributed by atoms with Gasteiger partial charge in [-0.05, 0) is 31.0 Å². The van der Waals surface area contributed by atoms with Crippen LogP contribution in [0.3, 0.4) is 0 Å². The van der Waals surface area contributed by atoms with Crippen molar-refractivity contribution in [3.05, 3.63) is 34.6 Å². The number of carbonyl (C=O) groups is 1. The number of hydrogen-bond donors (Lipinski definition) is 0. The van der Waals surface area contributed by atoms with Crippen molar-refractivity contribution in [3.8, 4) is 0 Å². The predicted molar refractivity (Wildman–Crippen MR) is 59.7 cm³/mol. The Balaban J connectivity index is 3.23. The van der Waals surface area contributed by atoms with Gasteiger partial charge in [0.2, 0.25) is 0 Å². The molecule has 0 aromatic heterocycles. The number of carbonyl (C=O) groups excluding carboxylic acids is 1. The van der Waals surface area contributed by atoms with Gasteiger partial charge in [0.15, 0.2) is 0 Å².